The Hall–Kier alpha value is -1.47. The van der Waals surface area contributed by atoms with Crippen molar-refractivity contribution in [2.24, 2.45) is 5.41 Å². The molecule has 0 aromatic carbocycles. The molecule has 13 heteroatoms. The molecule has 0 aromatic rings. The van der Waals surface area contributed by atoms with Crippen LogP contribution < -0.4 is 0 Å². The second kappa shape index (κ2) is 8.27. The molecule has 0 amide bonds. The van der Waals surface area contributed by atoms with Crippen molar-refractivity contribution >= 4 is 22.1 Å². The monoisotopic (exact) mass is 426 g/mol. The first-order valence-electron chi connectivity index (χ1n) is 7.56. The highest BCUT2D eigenvalue weighted by atomic mass is 32.2. The maximum atomic E-state index is 13.5. The van der Waals surface area contributed by atoms with Crippen molar-refractivity contribution in [1.29, 1.82) is 0 Å². The molecule has 0 fully saturated rings. The van der Waals surface area contributed by atoms with Crippen LogP contribution in [0.15, 0.2) is 0 Å². The topological polar surface area (TPSA) is 116 Å². The molecule has 0 aliphatic carbocycles. The van der Waals surface area contributed by atoms with E-state index in [2.05, 4.69) is 4.74 Å². The minimum atomic E-state index is -6.40. The number of carbonyl (C=O) groups is 2. The second-order valence-corrected chi connectivity index (χ2v) is 7.82. The maximum absolute atomic E-state index is 13.5. The third-order valence-corrected chi connectivity index (χ3v) is 4.77. The van der Waals surface area contributed by atoms with Gasteiger partial charge in [-0.1, -0.05) is 6.92 Å². The lowest BCUT2D eigenvalue weighted by atomic mass is 9.90. The zero-order valence-electron chi connectivity index (χ0n) is 15.3. The van der Waals surface area contributed by atoms with Crippen molar-refractivity contribution in [2.75, 3.05) is 13.7 Å². The number of methoxy groups -OCH3 is 1. The molecule has 160 valence electrons. The van der Waals surface area contributed by atoms with Crippen LogP contribution >= 0.6 is 0 Å². The van der Waals surface area contributed by atoms with Crippen LogP contribution in [0.2, 0.25) is 0 Å². The minimum absolute atomic E-state index is 0.280. The Balaban J connectivity index is 5.36. The predicted molar refractivity (Wildman–Crippen MR) is 82.6 cm³/mol. The highest BCUT2D eigenvalue weighted by molar-refractivity contribution is 7.87. The van der Waals surface area contributed by atoms with Gasteiger partial charge in [0, 0.05) is 13.3 Å². The lowest BCUT2D eigenvalue weighted by molar-refractivity contribution is -0.247. The smallest absolute Gasteiger partial charge is 0.431 e. The van der Waals surface area contributed by atoms with E-state index in [1.54, 1.807) is 6.92 Å². The number of halogens is 4. The van der Waals surface area contributed by atoms with E-state index in [0.29, 0.717) is 0 Å². The van der Waals surface area contributed by atoms with Gasteiger partial charge in [-0.15, -0.1) is 0 Å². The summed E-state index contributed by atoms with van der Waals surface area (Å²) < 4.78 is 96.3. The van der Waals surface area contributed by atoms with Gasteiger partial charge in [-0.3, -0.25) is 9.35 Å². The number of hydrogen-bond acceptors (Lipinski definition) is 7. The van der Waals surface area contributed by atoms with Gasteiger partial charge in [-0.05, 0) is 20.3 Å². The van der Waals surface area contributed by atoms with E-state index < -0.39 is 57.5 Å². The molecule has 0 radical (unpaired) electrons. The van der Waals surface area contributed by atoms with E-state index >= 15 is 0 Å². The standard InChI is InChI=1S/C14H22F4O8S/c1-6-11(2,3)9(19)26-12(4,10(20)24-5)25-8-7-13(15,16)14(17,18)27(21,22)23/h6-8H2,1-5H3,(H,21,22,23). The predicted octanol–water partition coefficient (Wildman–Crippen LogP) is 2.38. The Morgan fingerprint density at radius 1 is 1.04 bits per heavy atom. The number of ether oxygens (including phenoxy) is 3. The molecule has 8 nitrogen and oxygen atoms in total. The normalized spacial score (nSPS) is 15.8. The molecule has 0 rings (SSSR count). The summed E-state index contributed by atoms with van der Waals surface area (Å²) in [4.78, 5) is 23.9. The van der Waals surface area contributed by atoms with Crippen LogP contribution in [0.4, 0.5) is 17.6 Å². The molecular weight excluding hydrogens is 404 g/mol. The zero-order chi connectivity index (χ0) is 21.9. The molecule has 1 atom stereocenters. The fourth-order valence-electron chi connectivity index (χ4n) is 1.48. The average molecular weight is 426 g/mol. The first kappa shape index (κ1) is 25.5. The largest absolute Gasteiger partial charge is 0.464 e. The summed E-state index contributed by atoms with van der Waals surface area (Å²) in [7, 11) is -5.53. The molecule has 0 spiro atoms. The summed E-state index contributed by atoms with van der Waals surface area (Å²) in [5, 5.41) is -5.79. The summed E-state index contributed by atoms with van der Waals surface area (Å²) in [5.74, 6) is -10.0. The van der Waals surface area contributed by atoms with Crippen LogP contribution in [-0.2, 0) is 33.9 Å². The number of alkyl halides is 4. The maximum Gasteiger partial charge on any atom is 0.431 e. The summed E-state index contributed by atoms with van der Waals surface area (Å²) in [6.45, 7) is 4.09. The Bertz CT molecular complexity index is 662. The van der Waals surface area contributed by atoms with Crippen molar-refractivity contribution in [3.8, 4) is 0 Å². The quantitative estimate of drug-likeness (QED) is 0.245. The van der Waals surface area contributed by atoms with Gasteiger partial charge in [0.05, 0.1) is 19.1 Å². The van der Waals surface area contributed by atoms with Crippen LogP contribution in [0, 0.1) is 5.41 Å². The van der Waals surface area contributed by atoms with Gasteiger partial charge in [-0.25, -0.2) is 4.79 Å². The third kappa shape index (κ3) is 5.75. The Morgan fingerprint density at radius 3 is 1.89 bits per heavy atom. The fraction of sp³-hybridized carbons (Fsp3) is 0.857. The fourth-order valence-corrected chi connectivity index (χ4v) is 1.96. The number of carbonyl (C=O) groups excluding carboxylic acids is 2. The van der Waals surface area contributed by atoms with Crippen molar-refractivity contribution in [3.63, 3.8) is 0 Å². The van der Waals surface area contributed by atoms with Gasteiger partial charge in [0.25, 0.3) is 0 Å². The van der Waals surface area contributed by atoms with Crippen LogP contribution in [0.3, 0.4) is 0 Å². The molecule has 27 heavy (non-hydrogen) atoms. The molecule has 1 unspecified atom stereocenters. The van der Waals surface area contributed by atoms with E-state index in [4.69, 9.17) is 14.0 Å². The van der Waals surface area contributed by atoms with Gasteiger partial charge in [0.1, 0.15) is 0 Å². The first-order chi connectivity index (χ1) is 11.9. The third-order valence-electron chi connectivity index (χ3n) is 3.82. The number of hydrogen-bond donors (Lipinski definition) is 1. The SMILES string of the molecule is CCC(C)(C)C(=O)OC(C)(OCCC(F)(F)C(F)(F)S(=O)(=O)O)C(=O)OC. The Kier molecular flexibility index (Phi) is 7.82. The average Bonchev–Trinajstić information content (AvgIpc) is 2.52. The molecule has 0 bridgehead atoms. The molecule has 1 N–H and O–H groups in total. The second-order valence-electron chi connectivity index (χ2n) is 6.36. The number of rotatable bonds is 10. The number of esters is 2. The summed E-state index contributed by atoms with van der Waals surface area (Å²) >= 11 is 0. The van der Waals surface area contributed by atoms with E-state index in [9.17, 15) is 35.6 Å². The van der Waals surface area contributed by atoms with Crippen LogP contribution in [0.25, 0.3) is 0 Å². The summed E-state index contributed by atoms with van der Waals surface area (Å²) in [6, 6.07) is 0. The van der Waals surface area contributed by atoms with Gasteiger partial charge >= 0.3 is 39.0 Å². The van der Waals surface area contributed by atoms with Crippen LogP contribution in [0.5, 0.6) is 0 Å². The Morgan fingerprint density at radius 2 is 1.52 bits per heavy atom. The summed E-state index contributed by atoms with van der Waals surface area (Å²) in [5.41, 5.74) is -1.08. The molecule has 0 saturated carbocycles. The molecule has 0 aliphatic heterocycles. The van der Waals surface area contributed by atoms with Gasteiger partial charge < -0.3 is 14.2 Å². The molecular formula is C14H22F4O8S. The molecule has 0 saturated heterocycles. The van der Waals surface area contributed by atoms with E-state index in [-0.39, 0.29) is 6.42 Å². The molecule has 0 aliphatic rings. The lowest BCUT2D eigenvalue weighted by Gasteiger charge is -2.31. The zero-order valence-corrected chi connectivity index (χ0v) is 16.2. The van der Waals surface area contributed by atoms with Gasteiger partial charge in [0.15, 0.2) is 0 Å². The van der Waals surface area contributed by atoms with Crippen molar-refractivity contribution in [3.05, 3.63) is 0 Å². The lowest BCUT2D eigenvalue weighted by Crippen LogP contribution is -2.50. The molecule has 0 aromatic heterocycles. The van der Waals surface area contributed by atoms with Gasteiger partial charge in [0.2, 0.25) is 0 Å². The first-order valence-corrected chi connectivity index (χ1v) is 9.00. The highest BCUT2D eigenvalue weighted by Gasteiger charge is 2.65. The van der Waals surface area contributed by atoms with E-state index in [0.717, 1.165) is 14.0 Å². The van der Waals surface area contributed by atoms with Crippen molar-refractivity contribution in [2.45, 2.75) is 57.5 Å². The van der Waals surface area contributed by atoms with Crippen molar-refractivity contribution < 1.29 is 54.3 Å². The van der Waals surface area contributed by atoms with Crippen LogP contribution in [0.1, 0.15) is 40.5 Å². The minimum Gasteiger partial charge on any atom is -0.464 e. The Labute approximate surface area is 153 Å². The van der Waals surface area contributed by atoms with Crippen LogP contribution in [-0.4, -0.2) is 55.6 Å². The van der Waals surface area contributed by atoms with E-state index in [1.165, 1.54) is 13.8 Å². The highest BCUT2D eigenvalue weighted by Crippen LogP contribution is 2.41. The van der Waals surface area contributed by atoms with Gasteiger partial charge in [-0.2, -0.15) is 26.0 Å². The van der Waals surface area contributed by atoms with E-state index in [1.807, 2.05) is 0 Å². The summed E-state index contributed by atoms with van der Waals surface area (Å²) in [6.07, 6.45) is -1.64. The molecule has 0 heterocycles. The van der Waals surface area contributed by atoms with Crippen molar-refractivity contribution in [1.82, 2.24) is 0 Å².